The van der Waals surface area contributed by atoms with E-state index in [0.717, 1.165) is 5.56 Å². The van der Waals surface area contributed by atoms with Gasteiger partial charge in [0.25, 0.3) is 0 Å². The molecule has 0 aliphatic heterocycles. The van der Waals surface area contributed by atoms with Crippen LogP contribution in [0.25, 0.3) is 0 Å². The molecule has 0 radical (unpaired) electrons. The van der Waals surface area contributed by atoms with Gasteiger partial charge in [-0.2, -0.15) is 0 Å². The maximum Gasteiger partial charge on any atom is 0.347 e. The van der Waals surface area contributed by atoms with Crippen molar-refractivity contribution in [3.8, 4) is 17.2 Å². The van der Waals surface area contributed by atoms with Gasteiger partial charge in [0.2, 0.25) is 0 Å². The number of alkyl halides is 2. The lowest BCUT2D eigenvalue weighted by molar-refractivity contribution is 0.0728. The second-order valence-electron chi connectivity index (χ2n) is 6.56. The summed E-state index contributed by atoms with van der Waals surface area (Å²) in [5, 5.41) is 0. The standard InChI is InChI=1S/C24H22Cl2O4/c1-16-21(24(27)30-18-11-7-4-8-12-18)23(29-15-17-9-5-3-6-10-17)20(14-26)19(13-25)22(16)28-2/h3-12H,13-15H2,1-2H3. The molecule has 0 spiro atoms. The van der Waals surface area contributed by atoms with Crippen LogP contribution in [0.3, 0.4) is 0 Å². The van der Waals surface area contributed by atoms with Gasteiger partial charge in [0.1, 0.15) is 29.4 Å². The number of carbonyl (C=O) groups is 1. The van der Waals surface area contributed by atoms with Crippen LogP contribution in [-0.4, -0.2) is 13.1 Å². The monoisotopic (exact) mass is 444 g/mol. The van der Waals surface area contributed by atoms with E-state index < -0.39 is 5.97 Å². The Kier molecular flexibility index (Phi) is 7.61. The van der Waals surface area contributed by atoms with Gasteiger partial charge in [0.05, 0.1) is 18.9 Å². The number of ether oxygens (including phenoxy) is 3. The average Bonchev–Trinajstić information content (AvgIpc) is 2.78. The number of benzene rings is 3. The van der Waals surface area contributed by atoms with Gasteiger partial charge in [-0.3, -0.25) is 0 Å². The molecule has 0 saturated carbocycles. The molecule has 0 unspecified atom stereocenters. The van der Waals surface area contributed by atoms with Gasteiger partial charge in [-0.05, 0) is 24.6 Å². The zero-order valence-corrected chi connectivity index (χ0v) is 18.3. The highest BCUT2D eigenvalue weighted by molar-refractivity contribution is 6.19. The van der Waals surface area contributed by atoms with Gasteiger partial charge in [-0.25, -0.2) is 4.79 Å². The number of hydrogen-bond acceptors (Lipinski definition) is 4. The summed E-state index contributed by atoms with van der Waals surface area (Å²) >= 11 is 12.5. The van der Waals surface area contributed by atoms with E-state index in [2.05, 4.69) is 0 Å². The SMILES string of the molecule is COc1c(C)c(C(=O)Oc2ccccc2)c(OCc2ccccc2)c(CCl)c1CCl. The molecular weight excluding hydrogens is 423 g/mol. The molecule has 3 rings (SSSR count). The fourth-order valence-corrected chi connectivity index (χ4v) is 3.84. The number of halogens is 2. The summed E-state index contributed by atoms with van der Waals surface area (Å²) in [6, 6.07) is 18.5. The van der Waals surface area contributed by atoms with Crippen LogP contribution in [-0.2, 0) is 18.4 Å². The Balaban J connectivity index is 2.10. The van der Waals surface area contributed by atoms with Crippen LogP contribution in [0.15, 0.2) is 60.7 Å². The van der Waals surface area contributed by atoms with Crippen LogP contribution >= 0.6 is 23.2 Å². The second kappa shape index (κ2) is 10.4. The molecule has 0 amide bonds. The van der Waals surface area contributed by atoms with Crippen molar-refractivity contribution in [3.63, 3.8) is 0 Å². The lowest BCUT2D eigenvalue weighted by Gasteiger charge is -2.22. The highest BCUT2D eigenvalue weighted by Crippen LogP contribution is 2.41. The molecule has 0 saturated heterocycles. The smallest absolute Gasteiger partial charge is 0.347 e. The number of rotatable bonds is 8. The van der Waals surface area contributed by atoms with E-state index in [1.54, 1.807) is 31.2 Å². The zero-order chi connectivity index (χ0) is 21.5. The van der Waals surface area contributed by atoms with Crippen molar-refractivity contribution in [1.29, 1.82) is 0 Å². The quantitative estimate of drug-likeness (QED) is 0.233. The van der Waals surface area contributed by atoms with Gasteiger partial charge >= 0.3 is 5.97 Å². The number of carbonyl (C=O) groups excluding carboxylic acids is 1. The first kappa shape index (κ1) is 22.0. The lowest BCUT2D eigenvalue weighted by Crippen LogP contribution is -2.16. The van der Waals surface area contributed by atoms with Gasteiger partial charge < -0.3 is 14.2 Å². The predicted molar refractivity (Wildman–Crippen MR) is 119 cm³/mol. The van der Waals surface area contributed by atoms with E-state index in [1.807, 2.05) is 36.4 Å². The van der Waals surface area contributed by atoms with Gasteiger partial charge in [0.15, 0.2) is 0 Å². The topological polar surface area (TPSA) is 44.8 Å². The zero-order valence-electron chi connectivity index (χ0n) is 16.8. The summed E-state index contributed by atoms with van der Waals surface area (Å²) in [5.41, 5.74) is 3.14. The van der Waals surface area contributed by atoms with E-state index >= 15 is 0 Å². The Morgan fingerprint density at radius 2 is 1.43 bits per heavy atom. The van der Waals surface area contributed by atoms with E-state index in [-0.39, 0.29) is 23.9 Å². The Morgan fingerprint density at radius 3 is 2.00 bits per heavy atom. The third-order valence-corrected chi connectivity index (χ3v) is 5.24. The van der Waals surface area contributed by atoms with Crippen LogP contribution < -0.4 is 14.2 Å². The van der Waals surface area contributed by atoms with E-state index in [4.69, 9.17) is 37.4 Å². The fraction of sp³-hybridized carbons (Fsp3) is 0.208. The largest absolute Gasteiger partial charge is 0.496 e. The summed E-state index contributed by atoms with van der Waals surface area (Å²) in [6.45, 7) is 2.05. The predicted octanol–water partition coefficient (Wildman–Crippen LogP) is 6.28. The molecule has 0 bridgehead atoms. The highest BCUT2D eigenvalue weighted by atomic mass is 35.5. The van der Waals surface area contributed by atoms with Crippen molar-refractivity contribution in [2.45, 2.75) is 25.3 Å². The normalized spacial score (nSPS) is 10.5. The second-order valence-corrected chi connectivity index (χ2v) is 7.10. The first-order chi connectivity index (χ1) is 14.6. The molecule has 0 atom stereocenters. The molecule has 0 heterocycles. The minimum Gasteiger partial charge on any atom is -0.496 e. The molecule has 6 heteroatoms. The van der Waals surface area contributed by atoms with Crippen LogP contribution in [0, 0.1) is 6.92 Å². The first-order valence-corrected chi connectivity index (χ1v) is 10.5. The van der Waals surface area contributed by atoms with Crippen molar-refractivity contribution in [2.24, 2.45) is 0 Å². The third-order valence-electron chi connectivity index (χ3n) is 4.71. The van der Waals surface area contributed by atoms with Crippen LogP contribution in [0.4, 0.5) is 0 Å². The lowest BCUT2D eigenvalue weighted by atomic mass is 9.97. The summed E-state index contributed by atoms with van der Waals surface area (Å²) in [5.74, 6) is 1.03. The first-order valence-electron chi connectivity index (χ1n) is 9.38. The van der Waals surface area contributed by atoms with Crippen molar-refractivity contribution < 1.29 is 19.0 Å². The molecule has 3 aromatic carbocycles. The Labute approximate surface area is 186 Å². The Bertz CT molecular complexity index is 1000. The summed E-state index contributed by atoms with van der Waals surface area (Å²) in [4.78, 5) is 13.2. The molecule has 156 valence electrons. The number of esters is 1. The molecular formula is C24H22Cl2O4. The van der Waals surface area contributed by atoms with E-state index in [0.29, 0.717) is 33.9 Å². The molecule has 4 nitrogen and oxygen atoms in total. The summed E-state index contributed by atoms with van der Waals surface area (Å²) < 4.78 is 17.3. The molecule has 3 aromatic rings. The maximum absolute atomic E-state index is 13.2. The van der Waals surface area contributed by atoms with Crippen molar-refractivity contribution in [3.05, 3.63) is 88.5 Å². The molecule has 0 N–H and O–H groups in total. The minimum atomic E-state index is -0.549. The molecule has 0 aliphatic rings. The van der Waals surface area contributed by atoms with Gasteiger partial charge in [-0.1, -0.05) is 48.5 Å². The Morgan fingerprint density at radius 1 is 0.867 bits per heavy atom. The van der Waals surface area contributed by atoms with Gasteiger partial charge in [-0.15, -0.1) is 23.2 Å². The average molecular weight is 445 g/mol. The summed E-state index contributed by atoms with van der Waals surface area (Å²) in [7, 11) is 1.53. The van der Waals surface area contributed by atoms with Crippen LogP contribution in [0.1, 0.15) is 32.6 Å². The van der Waals surface area contributed by atoms with Crippen LogP contribution in [0.5, 0.6) is 17.2 Å². The number of methoxy groups -OCH3 is 1. The molecule has 0 fully saturated rings. The van der Waals surface area contributed by atoms with Crippen molar-refractivity contribution in [2.75, 3.05) is 7.11 Å². The molecule has 0 aliphatic carbocycles. The van der Waals surface area contributed by atoms with E-state index in [1.165, 1.54) is 7.11 Å². The highest BCUT2D eigenvalue weighted by Gasteiger charge is 2.28. The fourth-order valence-electron chi connectivity index (χ4n) is 3.28. The maximum atomic E-state index is 13.2. The third kappa shape index (κ3) is 4.72. The van der Waals surface area contributed by atoms with Crippen LogP contribution in [0.2, 0.25) is 0 Å². The number of para-hydroxylation sites is 1. The van der Waals surface area contributed by atoms with Crippen molar-refractivity contribution >= 4 is 29.2 Å². The minimum absolute atomic E-state index is 0.106. The molecule has 0 aromatic heterocycles. The van der Waals surface area contributed by atoms with Crippen molar-refractivity contribution in [1.82, 2.24) is 0 Å². The summed E-state index contributed by atoms with van der Waals surface area (Å²) in [6.07, 6.45) is 0. The van der Waals surface area contributed by atoms with Gasteiger partial charge in [0, 0.05) is 16.7 Å². The molecule has 30 heavy (non-hydrogen) atoms. The Hall–Kier alpha value is -2.69. The van der Waals surface area contributed by atoms with E-state index in [9.17, 15) is 4.79 Å². The number of hydrogen-bond donors (Lipinski definition) is 0.